The summed E-state index contributed by atoms with van der Waals surface area (Å²) in [6.45, 7) is 2.71. The number of aliphatic hydroxyl groups is 2. The van der Waals surface area contributed by atoms with Crippen LogP contribution in [-0.4, -0.2) is 56.9 Å². The summed E-state index contributed by atoms with van der Waals surface area (Å²) in [6, 6.07) is 8.95. The second kappa shape index (κ2) is 8.78. The molecule has 6 nitrogen and oxygen atoms in total. The van der Waals surface area contributed by atoms with Crippen LogP contribution in [0.1, 0.15) is 36.5 Å². The summed E-state index contributed by atoms with van der Waals surface area (Å²) in [5.74, 6) is -0.882. The zero-order valence-electron chi connectivity index (χ0n) is 14.3. The number of hydrogen-bond acceptors (Lipinski definition) is 4. The zero-order chi connectivity index (χ0) is 18.4. The number of nitrogens with zero attached hydrogens (tertiary/aromatic N) is 1. The van der Waals surface area contributed by atoms with Gasteiger partial charge in [-0.1, -0.05) is 37.3 Å². The Morgan fingerprint density at radius 2 is 1.96 bits per heavy atom. The van der Waals surface area contributed by atoms with E-state index in [9.17, 15) is 19.8 Å². The molecule has 6 heteroatoms. The first kappa shape index (κ1) is 19.1. The molecule has 2 rings (SSSR count). The summed E-state index contributed by atoms with van der Waals surface area (Å²) in [4.78, 5) is 25.0. The number of hydrogen-bond donors (Lipinski definition) is 3. The minimum atomic E-state index is -1.10. The number of carbonyl (C=O) groups excluding carboxylic acids is 1. The fourth-order valence-corrected chi connectivity index (χ4v) is 3.13. The van der Waals surface area contributed by atoms with Gasteiger partial charge in [0.1, 0.15) is 0 Å². The normalized spacial score (nSPS) is 22.9. The third-order valence-corrected chi connectivity index (χ3v) is 4.50. The summed E-state index contributed by atoms with van der Waals surface area (Å²) in [5, 5.41) is 28.2. The first-order chi connectivity index (χ1) is 11.9. The molecular formula is C19H25NO5. The van der Waals surface area contributed by atoms with Crippen molar-refractivity contribution < 1.29 is 24.9 Å². The molecule has 1 aliphatic rings. The average Bonchev–Trinajstić information content (AvgIpc) is 2.93. The van der Waals surface area contributed by atoms with E-state index in [2.05, 4.69) is 6.92 Å². The first-order valence-corrected chi connectivity index (χ1v) is 8.50. The first-order valence-electron chi connectivity index (χ1n) is 8.50. The van der Waals surface area contributed by atoms with Gasteiger partial charge in [0, 0.05) is 18.5 Å². The van der Waals surface area contributed by atoms with Crippen LogP contribution in [0.3, 0.4) is 0 Å². The third kappa shape index (κ3) is 5.41. The molecule has 0 aliphatic carbocycles. The number of amides is 1. The molecule has 25 heavy (non-hydrogen) atoms. The van der Waals surface area contributed by atoms with Gasteiger partial charge in [0.25, 0.3) is 5.91 Å². The van der Waals surface area contributed by atoms with Crippen molar-refractivity contribution in [1.82, 2.24) is 4.90 Å². The van der Waals surface area contributed by atoms with Crippen LogP contribution in [0.15, 0.2) is 42.5 Å². The molecule has 0 bridgehead atoms. The van der Waals surface area contributed by atoms with E-state index in [1.54, 1.807) is 29.2 Å². The molecule has 1 amide bonds. The van der Waals surface area contributed by atoms with Crippen molar-refractivity contribution in [3.8, 4) is 0 Å². The highest BCUT2D eigenvalue weighted by Gasteiger charge is 2.33. The summed E-state index contributed by atoms with van der Waals surface area (Å²) in [7, 11) is 0. The predicted molar refractivity (Wildman–Crippen MR) is 93.1 cm³/mol. The van der Waals surface area contributed by atoms with Gasteiger partial charge in [-0.05, 0) is 24.5 Å². The Balaban J connectivity index is 2.00. The molecule has 1 aromatic carbocycles. The van der Waals surface area contributed by atoms with E-state index in [1.165, 1.54) is 0 Å². The van der Waals surface area contributed by atoms with Crippen molar-refractivity contribution in [2.45, 2.75) is 44.4 Å². The predicted octanol–water partition coefficient (Wildman–Crippen LogP) is 1.68. The zero-order valence-corrected chi connectivity index (χ0v) is 14.3. The molecule has 0 spiro atoms. The van der Waals surface area contributed by atoms with Gasteiger partial charge in [-0.25, -0.2) is 0 Å². The number of likely N-dealkylation sites (tertiary alicyclic amines) is 1. The number of rotatable bonds is 7. The number of carbonyl (C=O) groups is 2. The molecule has 1 aliphatic heterocycles. The molecule has 4 atom stereocenters. The van der Waals surface area contributed by atoms with E-state index in [0.717, 1.165) is 6.42 Å². The van der Waals surface area contributed by atoms with E-state index in [1.807, 2.05) is 18.2 Å². The van der Waals surface area contributed by atoms with Crippen molar-refractivity contribution in [2.75, 3.05) is 6.54 Å². The summed E-state index contributed by atoms with van der Waals surface area (Å²) in [5.41, 5.74) is 0.632. The monoisotopic (exact) mass is 347 g/mol. The Kier molecular flexibility index (Phi) is 6.73. The maximum absolute atomic E-state index is 12.7. The lowest BCUT2D eigenvalue weighted by atomic mass is 10.0. The highest BCUT2D eigenvalue weighted by atomic mass is 16.4. The Morgan fingerprint density at radius 3 is 2.60 bits per heavy atom. The van der Waals surface area contributed by atoms with Crippen molar-refractivity contribution in [1.29, 1.82) is 0 Å². The molecule has 0 radical (unpaired) electrons. The Morgan fingerprint density at radius 1 is 1.28 bits per heavy atom. The molecule has 3 N–H and O–H groups in total. The fraction of sp³-hybridized carbons (Fsp3) is 0.474. The van der Waals surface area contributed by atoms with Crippen LogP contribution in [0.5, 0.6) is 0 Å². The van der Waals surface area contributed by atoms with Gasteiger partial charge in [-0.3, -0.25) is 9.59 Å². The van der Waals surface area contributed by atoms with E-state index in [4.69, 9.17) is 5.11 Å². The molecule has 0 unspecified atom stereocenters. The fourth-order valence-electron chi connectivity index (χ4n) is 3.13. The number of benzene rings is 1. The topological polar surface area (TPSA) is 98.1 Å². The summed E-state index contributed by atoms with van der Waals surface area (Å²) < 4.78 is 0. The smallest absolute Gasteiger partial charge is 0.305 e. The van der Waals surface area contributed by atoms with Gasteiger partial charge in [0.2, 0.25) is 0 Å². The molecular weight excluding hydrogens is 322 g/mol. The van der Waals surface area contributed by atoms with Crippen LogP contribution < -0.4 is 0 Å². The van der Waals surface area contributed by atoms with E-state index in [0.29, 0.717) is 12.1 Å². The van der Waals surface area contributed by atoms with Crippen LogP contribution in [0.4, 0.5) is 0 Å². The van der Waals surface area contributed by atoms with Gasteiger partial charge in [0.05, 0.1) is 24.7 Å². The number of aliphatic hydroxyl groups excluding tert-OH is 2. The largest absolute Gasteiger partial charge is 0.481 e. The van der Waals surface area contributed by atoms with Gasteiger partial charge in [-0.2, -0.15) is 0 Å². The van der Waals surface area contributed by atoms with Gasteiger partial charge in [0.15, 0.2) is 0 Å². The standard InChI is InChI=1S/C19H25NO5/c1-13-9-10-20(19(25)14-5-3-2-4-6-14)17(13)8-7-15(21)11-16(22)12-18(23)24/h2-8,13,15-17,21-22H,9-12H2,1H3,(H,23,24)/t13-,15+,16+,17+/m0/s1. The van der Waals surface area contributed by atoms with E-state index >= 15 is 0 Å². The minimum absolute atomic E-state index is 0.0417. The molecule has 0 saturated carbocycles. The molecule has 136 valence electrons. The van der Waals surface area contributed by atoms with Crippen molar-refractivity contribution in [3.05, 3.63) is 48.0 Å². The summed E-state index contributed by atoms with van der Waals surface area (Å²) >= 11 is 0. The number of aliphatic carboxylic acids is 1. The molecule has 1 aromatic rings. The third-order valence-electron chi connectivity index (χ3n) is 4.50. The second-order valence-electron chi connectivity index (χ2n) is 6.56. The highest BCUT2D eigenvalue weighted by molar-refractivity contribution is 5.94. The van der Waals surface area contributed by atoms with Crippen molar-refractivity contribution in [3.63, 3.8) is 0 Å². The highest BCUT2D eigenvalue weighted by Crippen LogP contribution is 2.27. The Labute approximate surface area is 147 Å². The van der Waals surface area contributed by atoms with Crippen LogP contribution in [0.25, 0.3) is 0 Å². The number of carboxylic acid groups (broad SMARTS) is 1. The SMILES string of the molecule is C[C@H]1CCN(C(=O)c2ccccc2)[C@@H]1C=C[C@@H](O)C[C@@H](O)CC(=O)O. The Bertz CT molecular complexity index is 616. The molecule has 1 saturated heterocycles. The lowest BCUT2D eigenvalue weighted by Crippen LogP contribution is -2.36. The summed E-state index contributed by atoms with van der Waals surface area (Å²) in [6.07, 6.45) is 1.72. The van der Waals surface area contributed by atoms with Gasteiger partial charge in [-0.15, -0.1) is 0 Å². The second-order valence-corrected chi connectivity index (χ2v) is 6.56. The lowest BCUT2D eigenvalue weighted by Gasteiger charge is -2.25. The molecule has 0 aromatic heterocycles. The van der Waals surface area contributed by atoms with Crippen LogP contribution in [-0.2, 0) is 4.79 Å². The maximum atomic E-state index is 12.7. The van der Waals surface area contributed by atoms with Crippen LogP contribution in [0, 0.1) is 5.92 Å². The molecule has 1 fully saturated rings. The van der Waals surface area contributed by atoms with Crippen molar-refractivity contribution in [2.24, 2.45) is 5.92 Å². The average molecular weight is 347 g/mol. The van der Waals surface area contributed by atoms with E-state index < -0.39 is 24.6 Å². The van der Waals surface area contributed by atoms with Crippen molar-refractivity contribution >= 4 is 11.9 Å². The van der Waals surface area contributed by atoms with Crippen LogP contribution >= 0.6 is 0 Å². The lowest BCUT2D eigenvalue weighted by molar-refractivity contribution is -0.139. The Hall–Kier alpha value is -2.18. The molecule has 1 heterocycles. The van der Waals surface area contributed by atoms with Gasteiger partial charge < -0.3 is 20.2 Å². The maximum Gasteiger partial charge on any atom is 0.305 e. The van der Waals surface area contributed by atoms with E-state index in [-0.39, 0.29) is 24.3 Å². The minimum Gasteiger partial charge on any atom is -0.481 e. The quantitative estimate of drug-likeness (QED) is 0.652. The van der Waals surface area contributed by atoms with Crippen LogP contribution in [0.2, 0.25) is 0 Å². The number of carboxylic acids is 1. The van der Waals surface area contributed by atoms with Gasteiger partial charge >= 0.3 is 5.97 Å².